The molecular formula is C13H14O5. The third-order valence-corrected chi connectivity index (χ3v) is 4.42. The van der Waals surface area contributed by atoms with Gasteiger partial charge in [-0.1, -0.05) is 12.2 Å². The quantitative estimate of drug-likeness (QED) is 0.385. The van der Waals surface area contributed by atoms with Crippen molar-refractivity contribution in [3.05, 3.63) is 23.8 Å². The van der Waals surface area contributed by atoms with Gasteiger partial charge in [0.25, 0.3) is 0 Å². The number of carbonyl (C=O) groups is 1. The number of carbonyl (C=O) groups excluding carboxylic acids is 1. The molecule has 3 saturated heterocycles. The zero-order chi connectivity index (χ0) is 12.5. The lowest BCUT2D eigenvalue weighted by Crippen LogP contribution is -2.45. The molecule has 5 nitrogen and oxygen atoms in total. The predicted octanol–water partition coefficient (Wildman–Crippen LogP) is 0.494. The number of rotatable bonds is 0. The van der Waals surface area contributed by atoms with E-state index in [1.165, 1.54) is 0 Å². The molecule has 3 aliphatic heterocycles. The summed E-state index contributed by atoms with van der Waals surface area (Å²) in [7, 11) is 0. The van der Waals surface area contributed by atoms with Crippen molar-refractivity contribution in [1.82, 2.24) is 0 Å². The van der Waals surface area contributed by atoms with Crippen LogP contribution in [0.2, 0.25) is 0 Å². The molecule has 1 aliphatic carbocycles. The largest absolute Gasteiger partial charge is 0.448 e. The predicted molar refractivity (Wildman–Crippen MR) is 59.1 cm³/mol. The summed E-state index contributed by atoms with van der Waals surface area (Å²) >= 11 is 0. The Hall–Kier alpha value is -1.17. The molecule has 18 heavy (non-hydrogen) atoms. The number of hydrogen-bond acceptors (Lipinski definition) is 5. The van der Waals surface area contributed by atoms with Crippen LogP contribution in [0.4, 0.5) is 0 Å². The first-order chi connectivity index (χ1) is 8.65. The average molecular weight is 250 g/mol. The van der Waals surface area contributed by atoms with Gasteiger partial charge in [-0.25, -0.2) is 4.79 Å². The molecule has 0 amide bonds. The van der Waals surface area contributed by atoms with Crippen molar-refractivity contribution >= 4 is 5.97 Å². The van der Waals surface area contributed by atoms with Crippen LogP contribution < -0.4 is 0 Å². The van der Waals surface area contributed by atoms with Crippen LogP contribution in [0, 0.1) is 11.8 Å². The van der Waals surface area contributed by atoms with Gasteiger partial charge in [-0.15, -0.1) is 0 Å². The van der Waals surface area contributed by atoms with Gasteiger partial charge in [0.2, 0.25) is 0 Å². The van der Waals surface area contributed by atoms with Crippen LogP contribution in [0.5, 0.6) is 0 Å². The molecule has 3 fully saturated rings. The summed E-state index contributed by atoms with van der Waals surface area (Å²) in [4.78, 5) is 11.8. The van der Waals surface area contributed by atoms with Crippen LogP contribution in [0.15, 0.2) is 23.8 Å². The summed E-state index contributed by atoms with van der Waals surface area (Å²) in [6.45, 7) is 1.80. The maximum Gasteiger partial charge on any atom is 0.337 e. The fourth-order valence-electron chi connectivity index (χ4n) is 3.69. The summed E-state index contributed by atoms with van der Waals surface area (Å²) in [6.07, 6.45) is 4.49. The fourth-order valence-corrected chi connectivity index (χ4v) is 3.69. The molecular weight excluding hydrogens is 236 g/mol. The van der Waals surface area contributed by atoms with Crippen LogP contribution >= 0.6 is 0 Å². The Bertz CT molecular complexity index is 482. The number of aliphatic hydroxyl groups excluding tert-OH is 1. The molecule has 0 saturated carbocycles. The highest BCUT2D eigenvalue weighted by Gasteiger charge is 2.69. The first-order valence-electron chi connectivity index (χ1n) is 6.23. The normalized spacial score (nSPS) is 54.7. The summed E-state index contributed by atoms with van der Waals surface area (Å²) in [5.74, 6) is -0.197. The first-order valence-corrected chi connectivity index (χ1v) is 6.23. The van der Waals surface area contributed by atoms with Gasteiger partial charge in [0.1, 0.15) is 6.10 Å². The van der Waals surface area contributed by atoms with Crippen molar-refractivity contribution in [2.45, 2.75) is 37.6 Å². The van der Waals surface area contributed by atoms with E-state index in [1.54, 1.807) is 13.0 Å². The van der Waals surface area contributed by atoms with Gasteiger partial charge < -0.3 is 19.3 Å². The highest BCUT2D eigenvalue weighted by molar-refractivity contribution is 5.93. The highest BCUT2D eigenvalue weighted by Crippen LogP contribution is 2.57. The fraction of sp³-hybridized carbons (Fsp3) is 0.615. The van der Waals surface area contributed by atoms with E-state index in [9.17, 15) is 9.90 Å². The maximum atomic E-state index is 11.8. The summed E-state index contributed by atoms with van der Waals surface area (Å²) in [5, 5.41) is 9.65. The second-order valence-corrected chi connectivity index (χ2v) is 5.25. The minimum absolute atomic E-state index is 0.0349. The third-order valence-electron chi connectivity index (χ3n) is 4.42. The van der Waals surface area contributed by atoms with Crippen molar-refractivity contribution < 1.29 is 24.1 Å². The number of ether oxygens (including phenoxy) is 3. The molecule has 1 spiro atoms. The maximum absolute atomic E-state index is 11.8. The van der Waals surface area contributed by atoms with Crippen LogP contribution in [0.25, 0.3) is 0 Å². The van der Waals surface area contributed by atoms with E-state index >= 15 is 0 Å². The van der Waals surface area contributed by atoms with Crippen molar-refractivity contribution in [1.29, 1.82) is 0 Å². The SMILES string of the molecule is C/C=C1\C(=O)O[C@@]23C=C[C@H]4C[C@@H](O)O[C@@H](O[C@@H]12)[C@@H]43. The second-order valence-electron chi connectivity index (χ2n) is 5.25. The molecule has 0 aromatic rings. The summed E-state index contributed by atoms with van der Waals surface area (Å²) < 4.78 is 16.8. The molecule has 3 heterocycles. The lowest BCUT2D eigenvalue weighted by Gasteiger charge is -2.35. The van der Waals surface area contributed by atoms with Gasteiger partial charge in [-0.05, 0) is 18.9 Å². The molecule has 0 aromatic carbocycles. The summed E-state index contributed by atoms with van der Waals surface area (Å²) in [5.41, 5.74) is -0.165. The molecule has 5 heteroatoms. The van der Waals surface area contributed by atoms with E-state index in [0.717, 1.165) is 0 Å². The van der Waals surface area contributed by atoms with E-state index in [1.807, 2.05) is 12.2 Å². The van der Waals surface area contributed by atoms with E-state index in [0.29, 0.717) is 12.0 Å². The first kappa shape index (κ1) is 10.7. The Morgan fingerprint density at radius 3 is 3.11 bits per heavy atom. The minimum atomic E-state index is -0.806. The van der Waals surface area contributed by atoms with E-state index in [4.69, 9.17) is 14.2 Å². The van der Waals surface area contributed by atoms with Gasteiger partial charge >= 0.3 is 5.97 Å². The zero-order valence-corrected chi connectivity index (χ0v) is 9.91. The van der Waals surface area contributed by atoms with Crippen molar-refractivity contribution in [3.8, 4) is 0 Å². The number of allylic oxidation sites excluding steroid dienone is 2. The molecule has 6 atom stereocenters. The van der Waals surface area contributed by atoms with Gasteiger partial charge in [-0.2, -0.15) is 0 Å². The third kappa shape index (κ3) is 1.06. The molecule has 0 bridgehead atoms. The topological polar surface area (TPSA) is 65.0 Å². The van der Waals surface area contributed by atoms with Crippen LogP contribution in [0.3, 0.4) is 0 Å². The van der Waals surface area contributed by atoms with E-state index < -0.39 is 24.3 Å². The molecule has 4 aliphatic rings. The van der Waals surface area contributed by atoms with Crippen LogP contribution in [-0.2, 0) is 19.0 Å². The van der Waals surface area contributed by atoms with Crippen molar-refractivity contribution in [3.63, 3.8) is 0 Å². The molecule has 0 radical (unpaired) electrons. The van der Waals surface area contributed by atoms with Gasteiger partial charge in [0.15, 0.2) is 18.2 Å². The molecule has 1 N–H and O–H groups in total. The molecule has 96 valence electrons. The Balaban J connectivity index is 1.80. The van der Waals surface area contributed by atoms with Crippen LogP contribution in [-0.4, -0.2) is 35.4 Å². The number of esters is 1. The number of hydrogen-bond donors (Lipinski definition) is 1. The highest BCUT2D eigenvalue weighted by atomic mass is 16.8. The van der Waals surface area contributed by atoms with Crippen molar-refractivity contribution in [2.75, 3.05) is 0 Å². The minimum Gasteiger partial charge on any atom is -0.448 e. The smallest absolute Gasteiger partial charge is 0.337 e. The van der Waals surface area contributed by atoms with Crippen LogP contribution in [0.1, 0.15) is 13.3 Å². The molecule has 4 rings (SSSR count). The van der Waals surface area contributed by atoms with E-state index in [2.05, 4.69) is 0 Å². The van der Waals surface area contributed by atoms with Gasteiger partial charge in [-0.3, -0.25) is 0 Å². The number of aliphatic hydroxyl groups is 1. The monoisotopic (exact) mass is 250 g/mol. The standard InChI is InChI=1S/C13H14O5/c1-2-7-10-13(18-11(7)15)4-3-6-5-8(14)16-12(17-10)9(6)13/h2-4,6,8-10,12,14H,5H2,1H3/b7-2-/t6-,8-,9+,10-,12-,13+/m0/s1. The Labute approximate surface area is 104 Å². The summed E-state index contributed by atoms with van der Waals surface area (Å²) in [6, 6.07) is 0. The Kier molecular flexibility index (Phi) is 1.92. The zero-order valence-electron chi connectivity index (χ0n) is 9.91. The Morgan fingerprint density at radius 1 is 1.50 bits per heavy atom. The average Bonchev–Trinajstić information content (AvgIpc) is 2.89. The van der Waals surface area contributed by atoms with E-state index in [-0.39, 0.29) is 17.8 Å². The Morgan fingerprint density at radius 2 is 2.33 bits per heavy atom. The van der Waals surface area contributed by atoms with Gasteiger partial charge in [0.05, 0.1) is 11.5 Å². The lowest BCUT2D eigenvalue weighted by molar-refractivity contribution is -0.263. The molecule has 0 unspecified atom stereocenters. The second kappa shape index (κ2) is 3.23. The van der Waals surface area contributed by atoms with Gasteiger partial charge in [0, 0.05) is 6.42 Å². The lowest BCUT2D eigenvalue weighted by atomic mass is 9.80. The molecule has 0 aromatic heterocycles. The van der Waals surface area contributed by atoms with Crippen molar-refractivity contribution in [2.24, 2.45) is 11.8 Å².